The lowest BCUT2D eigenvalue weighted by molar-refractivity contribution is -0.142. The number of aryl methyl sites for hydroxylation is 1. The second kappa shape index (κ2) is 4.65. The zero-order valence-electron chi connectivity index (χ0n) is 9.64. The molecule has 1 aromatic rings. The third-order valence-corrected chi connectivity index (χ3v) is 2.66. The smallest absolute Gasteiger partial charge is 0.323 e. The summed E-state index contributed by atoms with van der Waals surface area (Å²) in [5.41, 5.74) is 1.15. The Morgan fingerprint density at radius 1 is 1.69 bits per heavy atom. The molecule has 88 valence electrons. The van der Waals surface area contributed by atoms with E-state index >= 15 is 0 Å². The number of carbonyl (C=O) groups is 1. The van der Waals surface area contributed by atoms with Crippen LogP contribution in [-0.2, 0) is 16.1 Å². The maximum absolute atomic E-state index is 11.3. The highest BCUT2D eigenvalue weighted by atomic mass is 16.6. The number of nitrogens with one attached hydrogen (secondary N) is 1. The molecule has 1 fully saturated rings. The second-order valence-electron chi connectivity index (χ2n) is 4.27. The van der Waals surface area contributed by atoms with Crippen LogP contribution in [0.25, 0.3) is 0 Å². The second-order valence-corrected chi connectivity index (χ2v) is 4.27. The van der Waals surface area contributed by atoms with Crippen LogP contribution in [0.2, 0.25) is 0 Å². The average molecular weight is 223 g/mol. The maximum atomic E-state index is 11.3. The molecule has 5 heteroatoms. The molecule has 0 spiro atoms. The SMILES string of the molecule is Cc1cnn(CCNC2CC(C)OC2=O)c1. The number of esters is 1. The number of cyclic esters (lactones) is 1. The van der Waals surface area contributed by atoms with E-state index in [4.69, 9.17) is 4.74 Å². The summed E-state index contributed by atoms with van der Waals surface area (Å²) in [7, 11) is 0. The van der Waals surface area contributed by atoms with Gasteiger partial charge in [0.25, 0.3) is 0 Å². The number of hydrogen-bond donors (Lipinski definition) is 1. The molecule has 5 nitrogen and oxygen atoms in total. The number of aromatic nitrogens is 2. The molecule has 0 radical (unpaired) electrons. The first-order chi connectivity index (χ1) is 7.65. The fourth-order valence-electron chi connectivity index (χ4n) is 1.87. The summed E-state index contributed by atoms with van der Waals surface area (Å²) in [5, 5.41) is 7.36. The largest absolute Gasteiger partial charge is 0.461 e. The minimum atomic E-state index is -0.147. The summed E-state index contributed by atoms with van der Waals surface area (Å²) in [4.78, 5) is 11.3. The highest BCUT2D eigenvalue weighted by Gasteiger charge is 2.30. The Morgan fingerprint density at radius 3 is 3.06 bits per heavy atom. The molecule has 2 atom stereocenters. The molecule has 0 bridgehead atoms. The van der Waals surface area contributed by atoms with Crippen LogP contribution >= 0.6 is 0 Å². The molecule has 0 amide bonds. The standard InChI is InChI=1S/C11H17N3O2/c1-8-6-13-14(7-8)4-3-12-10-5-9(2)16-11(10)15/h6-7,9-10,12H,3-5H2,1-2H3. The molecule has 1 N–H and O–H groups in total. The zero-order valence-corrected chi connectivity index (χ0v) is 9.64. The number of hydrogen-bond acceptors (Lipinski definition) is 4. The molecule has 16 heavy (non-hydrogen) atoms. The lowest BCUT2D eigenvalue weighted by Crippen LogP contribution is -2.35. The average Bonchev–Trinajstić information content (AvgIpc) is 2.74. The molecule has 2 unspecified atom stereocenters. The van der Waals surface area contributed by atoms with Crippen molar-refractivity contribution in [3.8, 4) is 0 Å². The third kappa shape index (κ3) is 2.61. The van der Waals surface area contributed by atoms with Gasteiger partial charge < -0.3 is 10.1 Å². The fraction of sp³-hybridized carbons (Fsp3) is 0.636. The first-order valence-electron chi connectivity index (χ1n) is 5.58. The Bertz CT molecular complexity index is 375. The van der Waals surface area contributed by atoms with Crippen LogP contribution in [0.4, 0.5) is 0 Å². The van der Waals surface area contributed by atoms with Gasteiger partial charge in [-0.05, 0) is 19.4 Å². The molecule has 0 aliphatic carbocycles. The van der Waals surface area contributed by atoms with E-state index in [1.807, 2.05) is 30.9 Å². The molecular formula is C11H17N3O2. The van der Waals surface area contributed by atoms with Crippen molar-refractivity contribution in [1.29, 1.82) is 0 Å². The van der Waals surface area contributed by atoms with Gasteiger partial charge in [-0.25, -0.2) is 0 Å². The van der Waals surface area contributed by atoms with Crippen molar-refractivity contribution in [3.63, 3.8) is 0 Å². The lowest BCUT2D eigenvalue weighted by Gasteiger charge is -2.08. The number of rotatable bonds is 4. The topological polar surface area (TPSA) is 56.1 Å². The Labute approximate surface area is 94.8 Å². The summed E-state index contributed by atoms with van der Waals surface area (Å²) < 4.78 is 6.92. The molecule has 0 aromatic carbocycles. The summed E-state index contributed by atoms with van der Waals surface area (Å²) in [6.07, 6.45) is 4.61. The van der Waals surface area contributed by atoms with Crippen molar-refractivity contribution in [2.75, 3.05) is 6.54 Å². The van der Waals surface area contributed by atoms with Crippen molar-refractivity contribution in [3.05, 3.63) is 18.0 Å². The van der Waals surface area contributed by atoms with E-state index in [1.165, 1.54) is 0 Å². The predicted molar refractivity (Wildman–Crippen MR) is 58.9 cm³/mol. The molecular weight excluding hydrogens is 206 g/mol. The quantitative estimate of drug-likeness (QED) is 0.755. The first kappa shape index (κ1) is 11.1. The first-order valence-corrected chi connectivity index (χ1v) is 5.58. The minimum absolute atomic E-state index is 0.0388. The van der Waals surface area contributed by atoms with Crippen LogP contribution in [0.1, 0.15) is 18.9 Å². The summed E-state index contributed by atoms with van der Waals surface area (Å²) >= 11 is 0. The summed E-state index contributed by atoms with van der Waals surface area (Å²) in [5.74, 6) is -0.135. The van der Waals surface area contributed by atoms with Crippen molar-refractivity contribution in [1.82, 2.24) is 15.1 Å². The predicted octanol–water partition coefficient (Wildman–Crippen LogP) is 0.485. The van der Waals surface area contributed by atoms with E-state index in [2.05, 4.69) is 10.4 Å². The molecule has 1 aromatic heterocycles. The Balaban J connectivity index is 1.74. The normalized spacial score (nSPS) is 24.8. The van der Waals surface area contributed by atoms with Gasteiger partial charge in [-0.3, -0.25) is 9.48 Å². The van der Waals surface area contributed by atoms with Gasteiger partial charge >= 0.3 is 5.97 Å². The third-order valence-electron chi connectivity index (χ3n) is 2.66. The molecule has 2 heterocycles. The van der Waals surface area contributed by atoms with Crippen molar-refractivity contribution in [2.45, 2.75) is 39.0 Å². The number of carbonyl (C=O) groups excluding carboxylic acids is 1. The molecule has 2 rings (SSSR count). The van der Waals surface area contributed by atoms with Crippen molar-refractivity contribution < 1.29 is 9.53 Å². The van der Waals surface area contributed by atoms with Crippen LogP contribution in [-0.4, -0.2) is 34.4 Å². The van der Waals surface area contributed by atoms with Crippen molar-refractivity contribution in [2.24, 2.45) is 0 Å². The van der Waals surface area contributed by atoms with Gasteiger partial charge in [-0.2, -0.15) is 5.10 Å². The summed E-state index contributed by atoms with van der Waals surface area (Å²) in [6, 6.07) is -0.147. The molecule has 1 aliphatic rings. The van der Waals surface area contributed by atoms with Gasteiger partial charge in [0.2, 0.25) is 0 Å². The summed E-state index contributed by atoms with van der Waals surface area (Å²) in [6.45, 7) is 5.42. The van der Waals surface area contributed by atoms with E-state index in [0.717, 1.165) is 25.1 Å². The van der Waals surface area contributed by atoms with Gasteiger partial charge in [0, 0.05) is 19.2 Å². The molecule has 1 aliphatic heterocycles. The van der Waals surface area contributed by atoms with Gasteiger partial charge in [0.1, 0.15) is 12.1 Å². The Kier molecular flexibility index (Phi) is 3.24. The van der Waals surface area contributed by atoms with Gasteiger partial charge in [0.05, 0.1) is 12.7 Å². The maximum Gasteiger partial charge on any atom is 0.323 e. The van der Waals surface area contributed by atoms with Gasteiger partial charge in [0.15, 0.2) is 0 Å². The lowest BCUT2D eigenvalue weighted by atomic mass is 10.2. The Morgan fingerprint density at radius 2 is 2.50 bits per heavy atom. The van der Waals surface area contributed by atoms with Crippen LogP contribution in [0, 0.1) is 6.92 Å². The number of nitrogens with zero attached hydrogens (tertiary/aromatic N) is 2. The van der Waals surface area contributed by atoms with Gasteiger partial charge in [-0.15, -0.1) is 0 Å². The number of ether oxygens (including phenoxy) is 1. The monoisotopic (exact) mass is 223 g/mol. The molecule has 0 saturated carbocycles. The van der Waals surface area contributed by atoms with Crippen molar-refractivity contribution >= 4 is 5.97 Å². The highest BCUT2D eigenvalue weighted by molar-refractivity contribution is 5.77. The van der Waals surface area contributed by atoms with E-state index in [9.17, 15) is 4.79 Å². The fourth-order valence-corrected chi connectivity index (χ4v) is 1.87. The van der Waals surface area contributed by atoms with E-state index < -0.39 is 0 Å². The zero-order chi connectivity index (χ0) is 11.5. The van der Waals surface area contributed by atoms with Crippen LogP contribution in [0.3, 0.4) is 0 Å². The Hall–Kier alpha value is -1.36. The van der Waals surface area contributed by atoms with Crippen LogP contribution in [0.15, 0.2) is 12.4 Å². The highest BCUT2D eigenvalue weighted by Crippen LogP contribution is 2.13. The van der Waals surface area contributed by atoms with Gasteiger partial charge in [-0.1, -0.05) is 0 Å². The van der Waals surface area contributed by atoms with E-state index in [0.29, 0.717) is 0 Å². The van der Waals surface area contributed by atoms with E-state index in [1.54, 1.807) is 0 Å². The van der Waals surface area contributed by atoms with Crippen LogP contribution < -0.4 is 5.32 Å². The minimum Gasteiger partial charge on any atom is -0.461 e. The molecule has 1 saturated heterocycles. The van der Waals surface area contributed by atoms with Crippen LogP contribution in [0.5, 0.6) is 0 Å². The van der Waals surface area contributed by atoms with E-state index in [-0.39, 0.29) is 18.1 Å².